The first kappa shape index (κ1) is 10.1. The van der Waals surface area contributed by atoms with Crippen molar-refractivity contribution in [3.05, 3.63) is 0 Å². The van der Waals surface area contributed by atoms with E-state index in [0.29, 0.717) is 0 Å². The van der Waals surface area contributed by atoms with Gasteiger partial charge in [0.2, 0.25) is 0 Å². The van der Waals surface area contributed by atoms with Gasteiger partial charge in [-0.05, 0) is 51.5 Å². The van der Waals surface area contributed by atoms with E-state index in [2.05, 4.69) is 24.2 Å². The summed E-state index contributed by atoms with van der Waals surface area (Å²) in [5.41, 5.74) is 0. The number of nitrogens with one attached hydrogen (secondary N) is 1. The second kappa shape index (κ2) is 3.74. The Balaban J connectivity index is 1.66. The first-order chi connectivity index (χ1) is 7.28. The molecule has 86 valence electrons. The SMILES string of the molecule is CNC1CC2CCC(C1)N2C1CC(C)C1. The van der Waals surface area contributed by atoms with Gasteiger partial charge < -0.3 is 5.32 Å². The second-order valence-electron chi connectivity index (χ2n) is 6.02. The molecule has 2 heterocycles. The molecule has 15 heavy (non-hydrogen) atoms. The highest BCUT2D eigenvalue weighted by atomic mass is 15.3. The van der Waals surface area contributed by atoms with E-state index >= 15 is 0 Å². The Morgan fingerprint density at radius 2 is 1.53 bits per heavy atom. The Morgan fingerprint density at radius 1 is 0.933 bits per heavy atom. The van der Waals surface area contributed by atoms with Crippen LogP contribution in [0, 0.1) is 5.92 Å². The minimum atomic E-state index is 0.802. The van der Waals surface area contributed by atoms with Crippen LogP contribution in [0.25, 0.3) is 0 Å². The molecule has 3 rings (SSSR count). The van der Waals surface area contributed by atoms with Gasteiger partial charge in [-0.25, -0.2) is 0 Å². The fourth-order valence-electron chi connectivity index (χ4n) is 4.15. The molecule has 2 aliphatic heterocycles. The number of rotatable bonds is 2. The Bertz CT molecular complexity index is 221. The third-order valence-corrected chi connectivity index (χ3v) is 4.97. The molecule has 2 heteroatoms. The van der Waals surface area contributed by atoms with Gasteiger partial charge >= 0.3 is 0 Å². The molecule has 0 amide bonds. The van der Waals surface area contributed by atoms with Crippen molar-refractivity contribution in [1.82, 2.24) is 10.2 Å². The predicted octanol–water partition coefficient (Wildman–Crippen LogP) is 2.00. The molecule has 2 nitrogen and oxygen atoms in total. The topological polar surface area (TPSA) is 15.3 Å². The zero-order valence-electron chi connectivity index (χ0n) is 10.1. The van der Waals surface area contributed by atoms with Crippen LogP contribution in [-0.4, -0.2) is 36.1 Å². The molecule has 0 aromatic heterocycles. The molecule has 0 aromatic rings. The lowest BCUT2D eigenvalue weighted by molar-refractivity contribution is 0.0107. The summed E-state index contributed by atoms with van der Waals surface area (Å²) in [7, 11) is 2.13. The number of piperidine rings is 1. The summed E-state index contributed by atoms with van der Waals surface area (Å²) < 4.78 is 0. The Kier molecular flexibility index (Phi) is 2.52. The van der Waals surface area contributed by atoms with Crippen LogP contribution >= 0.6 is 0 Å². The van der Waals surface area contributed by atoms with Gasteiger partial charge in [-0.2, -0.15) is 0 Å². The number of hydrogen-bond acceptors (Lipinski definition) is 2. The zero-order valence-corrected chi connectivity index (χ0v) is 10.1. The summed E-state index contributed by atoms with van der Waals surface area (Å²) in [5.74, 6) is 0.997. The molecule has 0 aromatic carbocycles. The molecule has 0 spiro atoms. The highest BCUT2D eigenvalue weighted by molar-refractivity contribution is 5.02. The Hall–Kier alpha value is -0.0800. The van der Waals surface area contributed by atoms with Gasteiger partial charge in [-0.1, -0.05) is 6.92 Å². The third kappa shape index (κ3) is 1.62. The molecular weight excluding hydrogens is 184 g/mol. The van der Waals surface area contributed by atoms with Crippen LogP contribution in [0.4, 0.5) is 0 Å². The first-order valence-electron chi connectivity index (χ1n) is 6.72. The maximum atomic E-state index is 3.48. The average molecular weight is 208 g/mol. The third-order valence-electron chi connectivity index (χ3n) is 4.97. The van der Waals surface area contributed by atoms with E-state index in [1.165, 1.54) is 38.5 Å². The zero-order chi connectivity index (χ0) is 10.4. The second-order valence-corrected chi connectivity index (χ2v) is 6.02. The molecule has 2 atom stereocenters. The van der Waals surface area contributed by atoms with Gasteiger partial charge in [-0.15, -0.1) is 0 Å². The van der Waals surface area contributed by atoms with Gasteiger partial charge in [-0.3, -0.25) is 4.90 Å². The monoisotopic (exact) mass is 208 g/mol. The summed E-state index contributed by atoms with van der Waals surface area (Å²) in [4.78, 5) is 2.90. The van der Waals surface area contributed by atoms with E-state index in [1.807, 2.05) is 0 Å². The van der Waals surface area contributed by atoms with Crippen LogP contribution in [0.2, 0.25) is 0 Å². The van der Waals surface area contributed by atoms with E-state index < -0.39 is 0 Å². The molecule has 2 unspecified atom stereocenters. The van der Waals surface area contributed by atoms with E-state index in [-0.39, 0.29) is 0 Å². The van der Waals surface area contributed by atoms with Crippen LogP contribution in [0.15, 0.2) is 0 Å². The quantitative estimate of drug-likeness (QED) is 0.746. The predicted molar refractivity (Wildman–Crippen MR) is 62.9 cm³/mol. The molecule has 3 aliphatic rings. The Labute approximate surface area is 93.4 Å². The molecule has 1 aliphatic carbocycles. The van der Waals surface area contributed by atoms with Gasteiger partial charge in [0.15, 0.2) is 0 Å². The van der Waals surface area contributed by atoms with E-state index in [9.17, 15) is 0 Å². The first-order valence-corrected chi connectivity index (χ1v) is 6.72. The van der Waals surface area contributed by atoms with E-state index in [4.69, 9.17) is 0 Å². The molecule has 1 N–H and O–H groups in total. The van der Waals surface area contributed by atoms with Crippen LogP contribution in [0.3, 0.4) is 0 Å². The minimum Gasteiger partial charge on any atom is -0.317 e. The number of nitrogens with zero attached hydrogens (tertiary/aromatic N) is 1. The van der Waals surface area contributed by atoms with Crippen molar-refractivity contribution in [2.75, 3.05) is 7.05 Å². The molecule has 1 saturated carbocycles. The van der Waals surface area contributed by atoms with Crippen LogP contribution < -0.4 is 5.32 Å². The largest absolute Gasteiger partial charge is 0.317 e. The van der Waals surface area contributed by atoms with Crippen molar-refractivity contribution >= 4 is 0 Å². The van der Waals surface area contributed by atoms with Gasteiger partial charge in [0.25, 0.3) is 0 Å². The van der Waals surface area contributed by atoms with Gasteiger partial charge in [0, 0.05) is 24.2 Å². The van der Waals surface area contributed by atoms with Crippen LogP contribution in [-0.2, 0) is 0 Å². The standard InChI is InChI=1S/C13H24N2/c1-9-5-13(6-9)15-11-3-4-12(15)8-10(7-11)14-2/h9-14H,3-8H2,1-2H3. The molecule has 2 bridgehead atoms. The maximum absolute atomic E-state index is 3.48. The number of hydrogen-bond donors (Lipinski definition) is 1. The normalized spacial score (nSPS) is 50.4. The van der Waals surface area contributed by atoms with Gasteiger partial charge in [0.1, 0.15) is 0 Å². The van der Waals surface area contributed by atoms with Crippen molar-refractivity contribution in [3.8, 4) is 0 Å². The fraction of sp³-hybridized carbons (Fsp3) is 1.00. The Morgan fingerprint density at radius 3 is 2.00 bits per heavy atom. The minimum absolute atomic E-state index is 0.802. The van der Waals surface area contributed by atoms with E-state index in [0.717, 1.165) is 30.1 Å². The highest BCUT2D eigenvalue weighted by Crippen LogP contribution is 2.43. The van der Waals surface area contributed by atoms with Crippen LogP contribution in [0.1, 0.15) is 45.4 Å². The maximum Gasteiger partial charge on any atom is 0.0116 e. The summed E-state index contributed by atoms with van der Waals surface area (Å²) in [6.07, 6.45) is 8.67. The van der Waals surface area contributed by atoms with Gasteiger partial charge in [0.05, 0.1) is 0 Å². The van der Waals surface area contributed by atoms with E-state index in [1.54, 1.807) is 0 Å². The van der Waals surface area contributed by atoms with Crippen molar-refractivity contribution in [2.24, 2.45) is 5.92 Å². The summed E-state index contributed by atoms with van der Waals surface area (Å²) in [6, 6.07) is 3.59. The number of fused-ring (bicyclic) bond motifs is 2. The summed E-state index contributed by atoms with van der Waals surface area (Å²) in [6.45, 7) is 2.40. The lowest BCUT2D eigenvalue weighted by Crippen LogP contribution is -2.55. The van der Waals surface area contributed by atoms with Crippen molar-refractivity contribution in [1.29, 1.82) is 0 Å². The summed E-state index contributed by atoms with van der Waals surface area (Å²) in [5, 5.41) is 3.48. The molecule has 2 saturated heterocycles. The van der Waals surface area contributed by atoms with Crippen molar-refractivity contribution in [2.45, 2.75) is 69.6 Å². The molecular formula is C13H24N2. The average Bonchev–Trinajstić information content (AvgIpc) is 2.45. The fourth-order valence-corrected chi connectivity index (χ4v) is 4.15. The highest BCUT2D eigenvalue weighted by Gasteiger charge is 2.46. The van der Waals surface area contributed by atoms with Crippen LogP contribution in [0.5, 0.6) is 0 Å². The smallest absolute Gasteiger partial charge is 0.0116 e. The molecule has 0 radical (unpaired) electrons. The lowest BCUT2D eigenvalue weighted by Gasteiger charge is -2.49. The van der Waals surface area contributed by atoms with Crippen molar-refractivity contribution < 1.29 is 0 Å². The summed E-state index contributed by atoms with van der Waals surface area (Å²) >= 11 is 0. The molecule has 3 fully saturated rings. The lowest BCUT2D eigenvalue weighted by atomic mass is 9.78. The van der Waals surface area contributed by atoms with Crippen molar-refractivity contribution in [3.63, 3.8) is 0 Å².